The van der Waals surface area contributed by atoms with Gasteiger partial charge in [0.25, 0.3) is 0 Å². The lowest BCUT2D eigenvalue weighted by molar-refractivity contribution is -0.135. The molecule has 2 N–H and O–H groups in total. The predicted molar refractivity (Wildman–Crippen MR) is 75.0 cm³/mol. The molecule has 1 amide bonds. The molecular formula is C15H24N2O. The van der Waals surface area contributed by atoms with Crippen molar-refractivity contribution in [3.05, 3.63) is 35.4 Å². The minimum Gasteiger partial charge on any atom is -0.341 e. The summed E-state index contributed by atoms with van der Waals surface area (Å²) in [4.78, 5) is 14.0. The lowest BCUT2D eigenvalue weighted by atomic mass is 9.94. The van der Waals surface area contributed by atoms with Crippen LogP contribution in [0.3, 0.4) is 0 Å². The highest BCUT2D eigenvalue weighted by atomic mass is 16.2. The van der Waals surface area contributed by atoms with Gasteiger partial charge in [0.15, 0.2) is 0 Å². The summed E-state index contributed by atoms with van der Waals surface area (Å²) in [5.41, 5.74) is 8.06. The van der Waals surface area contributed by atoms with Crippen molar-refractivity contribution < 1.29 is 4.79 Å². The molecular weight excluding hydrogens is 224 g/mol. The molecule has 0 saturated carbocycles. The van der Waals surface area contributed by atoms with Crippen molar-refractivity contribution in [2.45, 2.75) is 27.3 Å². The van der Waals surface area contributed by atoms with Crippen LogP contribution in [0.2, 0.25) is 0 Å². The molecule has 0 heterocycles. The number of hydrogen-bond donors (Lipinski definition) is 1. The van der Waals surface area contributed by atoms with E-state index in [9.17, 15) is 4.79 Å². The normalized spacial score (nSPS) is 12.6. The lowest BCUT2D eigenvalue weighted by Gasteiger charge is -2.25. The van der Waals surface area contributed by atoms with E-state index in [2.05, 4.69) is 31.2 Å². The Labute approximate surface area is 110 Å². The Morgan fingerprint density at radius 2 is 1.83 bits per heavy atom. The van der Waals surface area contributed by atoms with Crippen LogP contribution in [0.25, 0.3) is 0 Å². The van der Waals surface area contributed by atoms with E-state index in [0.29, 0.717) is 13.1 Å². The molecule has 0 aliphatic rings. The van der Waals surface area contributed by atoms with Gasteiger partial charge in [-0.3, -0.25) is 4.79 Å². The third-order valence-electron chi connectivity index (χ3n) is 3.29. The van der Waals surface area contributed by atoms with Gasteiger partial charge in [0, 0.05) is 20.1 Å². The Morgan fingerprint density at radius 1 is 1.28 bits per heavy atom. The van der Waals surface area contributed by atoms with Gasteiger partial charge in [-0.25, -0.2) is 0 Å². The average molecular weight is 248 g/mol. The minimum absolute atomic E-state index is 0.0829. The van der Waals surface area contributed by atoms with Crippen molar-refractivity contribution in [2.75, 3.05) is 13.6 Å². The highest BCUT2D eigenvalue weighted by Crippen LogP contribution is 2.14. The maximum Gasteiger partial charge on any atom is 0.227 e. The van der Waals surface area contributed by atoms with Gasteiger partial charge in [0.05, 0.1) is 5.92 Å². The molecule has 0 aliphatic carbocycles. The van der Waals surface area contributed by atoms with Gasteiger partial charge < -0.3 is 10.6 Å². The SMILES string of the molecule is Cc1ccc(CN(C)C(=O)C(CN)C(C)C)cc1. The summed E-state index contributed by atoms with van der Waals surface area (Å²) in [6.45, 7) is 7.18. The Hall–Kier alpha value is -1.35. The first-order chi connectivity index (χ1) is 8.45. The quantitative estimate of drug-likeness (QED) is 0.868. The summed E-state index contributed by atoms with van der Waals surface area (Å²) in [5, 5.41) is 0. The summed E-state index contributed by atoms with van der Waals surface area (Å²) in [6.07, 6.45) is 0. The number of benzene rings is 1. The topological polar surface area (TPSA) is 46.3 Å². The first-order valence-electron chi connectivity index (χ1n) is 6.46. The number of carbonyl (C=O) groups is 1. The first-order valence-corrected chi connectivity index (χ1v) is 6.46. The molecule has 0 saturated heterocycles. The summed E-state index contributed by atoms with van der Waals surface area (Å²) in [7, 11) is 1.84. The zero-order valence-corrected chi connectivity index (χ0v) is 11.8. The number of nitrogens with zero attached hydrogens (tertiary/aromatic N) is 1. The number of aryl methyl sites for hydroxylation is 1. The van der Waals surface area contributed by atoms with Gasteiger partial charge in [-0.05, 0) is 18.4 Å². The monoisotopic (exact) mass is 248 g/mol. The molecule has 1 aromatic carbocycles. The van der Waals surface area contributed by atoms with E-state index in [1.54, 1.807) is 4.90 Å². The van der Waals surface area contributed by atoms with Crippen LogP contribution in [0.1, 0.15) is 25.0 Å². The first kappa shape index (κ1) is 14.7. The number of carbonyl (C=O) groups excluding carboxylic acids is 1. The second-order valence-corrected chi connectivity index (χ2v) is 5.27. The second-order valence-electron chi connectivity index (χ2n) is 5.27. The average Bonchev–Trinajstić information content (AvgIpc) is 2.32. The van der Waals surface area contributed by atoms with Crippen LogP contribution in [0.4, 0.5) is 0 Å². The van der Waals surface area contributed by atoms with Crippen molar-refractivity contribution in [1.29, 1.82) is 0 Å². The van der Waals surface area contributed by atoms with Crippen LogP contribution >= 0.6 is 0 Å². The Balaban J connectivity index is 2.67. The summed E-state index contributed by atoms with van der Waals surface area (Å²) in [5.74, 6) is 0.330. The van der Waals surface area contributed by atoms with Gasteiger partial charge >= 0.3 is 0 Å². The summed E-state index contributed by atoms with van der Waals surface area (Å²) >= 11 is 0. The largest absolute Gasteiger partial charge is 0.341 e. The van der Waals surface area contributed by atoms with Gasteiger partial charge in [-0.2, -0.15) is 0 Å². The van der Waals surface area contributed by atoms with E-state index in [1.165, 1.54) is 5.56 Å². The zero-order chi connectivity index (χ0) is 13.7. The van der Waals surface area contributed by atoms with Crippen LogP contribution < -0.4 is 5.73 Å². The van der Waals surface area contributed by atoms with E-state index >= 15 is 0 Å². The molecule has 0 spiro atoms. The molecule has 0 radical (unpaired) electrons. The van der Waals surface area contributed by atoms with Crippen molar-refractivity contribution in [3.8, 4) is 0 Å². The third kappa shape index (κ3) is 3.84. The fraction of sp³-hybridized carbons (Fsp3) is 0.533. The van der Waals surface area contributed by atoms with Crippen LogP contribution in [-0.2, 0) is 11.3 Å². The Kier molecular flexibility index (Phi) is 5.35. The van der Waals surface area contributed by atoms with Gasteiger partial charge in [-0.15, -0.1) is 0 Å². The smallest absolute Gasteiger partial charge is 0.227 e. The molecule has 3 nitrogen and oxygen atoms in total. The van der Waals surface area contributed by atoms with Crippen molar-refractivity contribution >= 4 is 5.91 Å². The van der Waals surface area contributed by atoms with E-state index < -0.39 is 0 Å². The van der Waals surface area contributed by atoms with Gasteiger partial charge in [-0.1, -0.05) is 43.7 Å². The Bertz CT molecular complexity index is 384. The molecule has 0 aromatic heterocycles. The van der Waals surface area contributed by atoms with Crippen molar-refractivity contribution in [2.24, 2.45) is 17.6 Å². The molecule has 0 fully saturated rings. The van der Waals surface area contributed by atoms with Gasteiger partial charge in [0.1, 0.15) is 0 Å². The van der Waals surface area contributed by atoms with E-state index in [4.69, 9.17) is 5.73 Å². The molecule has 1 aromatic rings. The highest BCUT2D eigenvalue weighted by molar-refractivity contribution is 5.79. The summed E-state index contributed by atoms with van der Waals surface area (Å²) < 4.78 is 0. The molecule has 3 heteroatoms. The van der Waals surface area contributed by atoms with Crippen molar-refractivity contribution in [1.82, 2.24) is 4.90 Å². The lowest BCUT2D eigenvalue weighted by Crippen LogP contribution is -2.38. The van der Waals surface area contributed by atoms with Crippen LogP contribution in [-0.4, -0.2) is 24.4 Å². The molecule has 1 unspecified atom stereocenters. The van der Waals surface area contributed by atoms with E-state index in [1.807, 2.05) is 20.9 Å². The maximum atomic E-state index is 12.2. The maximum absolute atomic E-state index is 12.2. The van der Waals surface area contributed by atoms with Crippen molar-refractivity contribution in [3.63, 3.8) is 0 Å². The number of nitrogens with two attached hydrogens (primary N) is 1. The molecule has 1 atom stereocenters. The number of amides is 1. The van der Waals surface area contributed by atoms with Gasteiger partial charge in [0.2, 0.25) is 5.91 Å². The molecule has 18 heavy (non-hydrogen) atoms. The van der Waals surface area contributed by atoms with Crippen LogP contribution in [0.15, 0.2) is 24.3 Å². The number of rotatable bonds is 5. The third-order valence-corrected chi connectivity index (χ3v) is 3.29. The fourth-order valence-corrected chi connectivity index (χ4v) is 1.99. The molecule has 0 aliphatic heterocycles. The zero-order valence-electron chi connectivity index (χ0n) is 11.8. The van der Waals surface area contributed by atoms with Crippen LogP contribution in [0.5, 0.6) is 0 Å². The molecule has 1 rings (SSSR count). The Morgan fingerprint density at radius 3 is 2.28 bits per heavy atom. The molecule has 0 bridgehead atoms. The minimum atomic E-state index is -0.0829. The standard InChI is InChI=1S/C15H24N2O/c1-11(2)14(9-16)15(18)17(4)10-13-7-5-12(3)6-8-13/h5-8,11,14H,9-10,16H2,1-4H3. The highest BCUT2D eigenvalue weighted by Gasteiger charge is 2.23. The number of hydrogen-bond acceptors (Lipinski definition) is 2. The van der Waals surface area contributed by atoms with Crippen LogP contribution in [0, 0.1) is 18.8 Å². The second kappa shape index (κ2) is 6.55. The van der Waals surface area contributed by atoms with E-state index in [-0.39, 0.29) is 17.7 Å². The fourth-order valence-electron chi connectivity index (χ4n) is 1.99. The van der Waals surface area contributed by atoms with E-state index in [0.717, 1.165) is 5.56 Å². The molecule has 100 valence electrons. The summed E-state index contributed by atoms with van der Waals surface area (Å²) in [6, 6.07) is 8.25. The predicted octanol–water partition coefficient (Wildman–Crippen LogP) is 2.18.